The Kier molecular flexibility index (Phi) is 7.35. The van der Waals surface area contributed by atoms with Gasteiger partial charge >= 0.3 is 0 Å². The highest BCUT2D eigenvalue weighted by molar-refractivity contribution is 6.05. The van der Waals surface area contributed by atoms with E-state index in [0.29, 0.717) is 25.1 Å². The van der Waals surface area contributed by atoms with Crippen molar-refractivity contribution in [1.29, 1.82) is 0 Å². The van der Waals surface area contributed by atoms with Crippen LogP contribution >= 0.6 is 0 Å². The van der Waals surface area contributed by atoms with Crippen LogP contribution in [0.1, 0.15) is 40.7 Å². The Bertz CT molecular complexity index is 767. The Labute approximate surface area is 171 Å². The summed E-state index contributed by atoms with van der Waals surface area (Å²) >= 11 is 0. The normalized spacial score (nSPS) is 19.1. The first-order valence-electron chi connectivity index (χ1n) is 10.2. The second-order valence-corrected chi connectivity index (χ2v) is 7.70. The van der Waals surface area contributed by atoms with Crippen LogP contribution in [0.15, 0.2) is 18.2 Å². The number of ether oxygens (including phenoxy) is 1. The first-order chi connectivity index (χ1) is 14.0. The molecule has 0 spiro atoms. The molecule has 1 atom stereocenters. The molecule has 0 radical (unpaired) electrons. The molecule has 29 heavy (non-hydrogen) atoms. The molecule has 3 amide bonds. The molecule has 2 N–H and O–H groups in total. The molecule has 1 aromatic carbocycles. The molecule has 0 aliphatic carbocycles. The third-order valence-electron chi connectivity index (χ3n) is 5.38. The molecular formula is C21H30N4O4. The van der Waals surface area contributed by atoms with Crippen molar-refractivity contribution in [2.45, 2.75) is 38.4 Å². The number of fused-ring (bicyclic) bond motifs is 1. The predicted octanol–water partition coefficient (Wildman–Crippen LogP) is 0.506. The first kappa shape index (κ1) is 21.4. The van der Waals surface area contributed by atoms with Crippen molar-refractivity contribution in [3.63, 3.8) is 0 Å². The van der Waals surface area contributed by atoms with E-state index in [0.717, 1.165) is 43.8 Å². The molecule has 2 aliphatic heterocycles. The molecule has 0 bridgehead atoms. The summed E-state index contributed by atoms with van der Waals surface area (Å²) in [6, 6.07) is 5.35. The number of amides is 3. The van der Waals surface area contributed by atoms with Gasteiger partial charge in [0.1, 0.15) is 6.04 Å². The summed E-state index contributed by atoms with van der Waals surface area (Å²) in [5.74, 6) is -0.782. The summed E-state index contributed by atoms with van der Waals surface area (Å²) in [4.78, 5) is 40.1. The second kappa shape index (κ2) is 9.96. The van der Waals surface area contributed by atoms with E-state index in [2.05, 4.69) is 15.5 Å². The number of nitrogens with one attached hydrogen (secondary N) is 2. The van der Waals surface area contributed by atoms with Crippen LogP contribution < -0.4 is 10.6 Å². The van der Waals surface area contributed by atoms with Gasteiger partial charge in [-0.1, -0.05) is 12.1 Å². The number of carbonyl (C=O) groups is 3. The average molecular weight is 402 g/mol. The SMILES string of the molecule is CNCCCOCCN(C)Cc1ccc2c(c1)C(=O)N(C1CCC(=O)NC1=O)C2. The molecule has 1 aromatic rings. The van der Waals surface area contributed by atoms with Crippen LogP contribution in [0, 0.1) is 0 Å². The van der Waals surface area contributed by atoms with E-state index >= 15 is 0 Å². The Hall–Kier alpha value is -2.29. The Morgan fingerprint density at radius 2 is 2.10 bits per heavy atom. The molecule has 1 fully saturated rings. The molecule has 0 aromatic heterocycles. The largest absolute Gasteiger partial charge is 0.380 e. The quantitative estimate of drug-likeness (QED) is 0.438. The van der Waals surface area contributed by atoms with E-state index in [9.17, 15) is 14.4 Å². The Morgan fingerprint density at radius 1 is 1.28 bits per heavy atom. The third kappa shape index (κ3) is 5.41. The number of nitrogens with zero attached hydrogens (tertiary/aromatic N) is 2. The average Bonchev–Trinajstić information content (AvgIpc) is 3.01. The summed E-state index contributed by atoms with van der Waals surface area (Å²) < 4.78 is 5.63. The molecule has 0 saturated carbocycles. The maximum absolute atomic E-state index is 12.9. The lowest BCUT2D eigenvalue weighted by molar-refractivity contribution is -0.136. The van der Waals surface area contributed by atoms with Crippen molar-refractivity contribution >= 4 is 17.7 Å². The van der Waals surface area contributed by atoms with E-state index in [1.54, 1.807) is 4.90 Å². The van der Waals surface area contributed by atoms with Crippen molar-refractivity contribution in [3.8, 4) is 0 Å². The maximum atomic E-state index is 12.9. The number of likely N-dealkylation sites (N-methyl/N-ethyl adjacent to an activating group) is 1. The van der Waals surface area contributed by atoms with Crippen LogP contribution in [0.3, 0.4) is 0 Å². The fourth-order valence-corrected chi connectivity index (χ4v) is 3.76. The van der Waals surface area contributed by atoms with Crippen LogP contribution in [0.2, 0.25) is 0 Å². The number of piperidine rings is 1. The molecule has 8 nitrogen and oxygen atoms in total. The summed E-state index contributed by atoms with van der Waals surface area (Å²) in [7, 11) is 3.96. The summed E-state index contributed by atoms with van der Waals surface area (Å²) in [6.45, 7) is 4.32. The Morgan fingerprint density at radius 3 is 2.86 bits per heavy atom. The first-order valence-corrected chi connectivity index (χ1v) is 10.2. The van der Waals surface area contributed by atoms with Crippen LogP contribution in [-0.4, -0.2) is 74.0 Å². The number of benzene rings is 1. The fraction of sp³-hybridized carbons (Fsp3) is 0.571. The number of hydrogen-bond acceptors (Lipinski definition) is 6. The van der Waals surface area contributed by atoms with Crippen molar-refractivity contribution in [3.05, 3.63) is 34.9 Å². The lowest BCUT2D eigenvalue weighted by Gasteiger charge is -2.29. The highest BCUT2D eigenvalue weighted by atomic mass is 16.5. The zero-order valence-corrected chi connectivity index (χ0v) is 17.2. The van der Waals surface area contributed by atoms with E-state index in [-0.39, 0.29) is 24.1 Å². The molecule has 3 rings (SSSR count). The van der Waals surface area contributed by atoms with Crippen LogP contribution in [0.5, 0.6) is 0 Å². The van der Waals surface area contributed by atoms with Crippen molar-refractivity contribution in [1.82, 2.24) is 20.4 Å². The van der Waals surface area contributed by atoms with Crippen molar-refractivity contribution in [2.75, 3.05) is 40.4 Å². The monoisotopic (exact) mass is 402 g/mol. The number of carbonyl (C=O) groups excluding carboxylic acids is 3. The zero-order chi connectivity index (χ0) is 20.8. The van der Waals surface area contributed by atoms with Gasteiger partial charge in [-0.25, -0.2) is 0 Å². The minimum absolute atomic E-state index is 0.133. The fourth-order valence-electron chi connectivity index (χ4n) is 3.76. The van der Waals surface area contributed by atoms with E-state index in [1.807, 2.05) is 32.3 Å². The highest BCUT2D eigenvalue weighted by Crippen LogP contribution is 2.28. The van der Waals surface area contributed by atoms with Gasteiger partial charge in [0.05, 0.1) is 6.61 Å². The molecule has 158 valence electrons. The molecule has 1 unspecified atom stereocenters. The van der Waals surface area contributed by atoms with E-state index in [4.69, 9.17) is 4.74 Å². The topological polar surface area (TPSA) is 91.0 Å². The van der Waals surface area contributed by atoms with Gasteiger partial charge in [-0.3, -0.25) is 24.6 Å². The van der Waals surface area contributed by atoms with Gasteiger partial charge in [-0.2, -0.15) is 0 Å². The molecule has 2 heterocycles. The summed E-state index contributed by atoms with van der Waals surface area (Å²) in [5, 5.41) is 5.43. The number of imide groups is 1. The van der Waals surface area contributed by atoms with Crippen LogP contribution in [-0.2, 0) is 27.4 Å². The van der Waals surface area contributed by atoms with Gasteiger partial charge in [-0.05, 0) is 50.7 Å². The summed E-state index contributed by atoms with van der Waals surface area (Å²) in [6.07, 6.45) is 1.65. The van der Waals surface area contributed by atoms with Crippen molar-refractivity contribution in [2.24, 2.45) is 0 Å². The Balaban J connectivity index is 1.53. The molecule has 1 saturated heterocycles. The number of rotatable bonds is 10. The minimum Gasteiger partial charge on any atom is -0.380 e. The highest BCUT2D eigenvalue weighted by Gasteiger charge is 2.39. The molecule has 2 aliphatic rings. The predicted molar refractivity (Wildman–Crippen MR) is 108 cm³/mol. The van der Waals surface area contributed by atoms with Gasteiger partial charge in [-0.15, -0.1) is 0 Å². The molecular weight excluding hydrogens is 372 g/mol. The van der Waals surface area contributed by atoms with Gasteiger partial charge < -0.3 is 15.0 Å². The molecule has 8 heteroatoms. The standard InChI is InChI=1S/C21H30N4O4/c1-22-8-3-10-29-11-9-24(2)13-15-4-5-16-14-25(21(28)17(16)12-15)18-6-7-19(26)23-20(18)27/h4-5,12,18,22H,3,6-11,13-14H2,1-2H3,(H,23,26,27). The summed E-state index contributed by atoms with van der Waals surface area (Å²) in [5.41, 5.74) is 2.64. The maximum Gasteiger partial charge on any atom is 0.255 e. The van der Waals surface area contributed by atoms with E-state index in [1.165, 1.54) is 0 Å². The van der Waals surface area contributed by atoms with Crippen LogP contribution in [0.25, 0.3) is 0 Å². The van der Waals surface area contributed by atoms with Crippen LogP contribution in [0.4, 0.5) is 0 Å². The van der Waals surface area contributed by atoms with Gasteiger partial charge in [0.25, 0.3) is 5.91 Å². The third-order valence-corrected chi connectivity index (χ3v) is 5.38. The lowest BCUT2D eigenvalue weighted by Crippen LogP contribution is -2.52. The van der Waals surface area contributed by atoms with Crippen molar-refractivity contribution < 1.29 is 19.1 Å². The lowest BCUT2D eigenvalue weighted by atomic mass is 10.0. The van der Waals surface area contributed by atoms with Gasteiger partial charge in [0.15, 0.2) is 0 Å². The second-order valence-electron chi connectivity index (χ2n) is 7.70. The van der Waals surface area contributed by atoms with E-state index < -0.39 is 6.04 Å². The number of hydrogen-bond donors (Lipinski definition) is 2. The van der Waals surface area contributed by atoms with Gasteiger partial charge in [0.2, 0.25) is 11.8 Å². The smallest absolute Gasteiger partial charge is 0.255 e. The minimum atomic E-state index is -0.571. The van der Waals surface area contributed by atoms with Gasteiger partial charge in [0, 0.05) is 38.2 Å². The zero-order valence-electron chi connectivity index (χ0n) is 17.2.